The van der Waals surface area contributed by atoms with Crippen LogP contribution >= 0.6 is 11.3 Å². The first-order valence-electron chi connectivity index (χ1n) is 4.91. The Balaban J connectivity index is 2.28. The smallest absolute Gasteiger partial charge is 0.181 e. The average molecular weight is 230 g/mol. The van der Waals surface area contributed by atoms with Gasteiger partial charge >= 0.3 is 0 Å². The maximum atomic E-state index is 5.71. The Kier molecular flexibility index (Phi) is 1.94. The number of benzene rings is 1. The average Bonchev–Trinajstić information content (AvgIpc) is 2.84. The van der Waals surface area contributed by atoms with Gasteiger partial charge in [-0.15, -0.1) is 0 Å². The third-order valence-electron chi connectivity index (χ3n) is 2.45. The number of fused-ring (bicyclic) bond motifs is 1. The lowest BCUT2D eigenvalue weighted by Crippen LogP contribution is -1.94. The van der Waals surface area contributed by atoms with E-state index in [0.29, 0.717) is 5.13 Å². The molecule has 0 aliphatic heterocycles. The molecule has 3 aromatic rings. The van der Waals surface area contributed by atoms with E-state index in [0.717, 1.165) is 15.9 Å². The minimum absolute atomic E-state index is 0.607. The van der Waals surface area contributed by atoms with E-state index < -0.39 is 0 Å². The van der Waals surface area contributed by atoms with Crippen molar-refractivity contribution in [2.75, 3.05) is 5.73 Å². The number of aryl methyl sites for hydroxylation is 1. The number of aromatic nitrogens is 3. The number of nitrogens with zero attached hydrogens (tertiary/aromatic N) is 3. The fourth-order valence-electron chi connectivity index (χ4n) is 1.75. The van der Waals surface area contributed by atoms with Gasteiger partial charge in [0.1, 0.15) is 0 Å². The molecule has 0 unspecified atom stereocenters. The monoisotopic (exact) mass is 230 g/mol. The Morgan fingerprint density at radius 3 is 3.00 bits per heavy atom. The summed E-state index contributed by atoms with van der Waals surface area (Å²) < 4.78 is 2.97. The second kappa shape index (κ2) is 3.31. The molecular weight excluding hydrogens is 220 g/mol. The van der Waals surface area contributed by atoms with Crippen LogP contribution in [0.3, 0.4) is 0 Å². The quantitative estimate of drug-likeness (QED) is 0.698. The van der Waals surface area contributed by atoms with Crippen molar-refractivity contribution >= 4 is 26.7 Å². The number of anilines is 1. The van der Waals surface area contributed by atoms with Crippen molar-refractivity contribution in [1.82, 2.24) is 14.8 Å². The van der Waals surface area contributed by atoms with Crippen LogP contribution in [0.4, 0.5) is 5.13 Å². The number of thiazole rings is 1. The number of hydrogen-bond acceptors (Lipinski definition) is 4. The maximum absolute atomic E-state index is 5.71. The molecule has 80 valence electrons. The van der Waals surface area contributed by atoms with Crippen molar-refractivity contribution in [2.24, 2.45) is 0 Å². The lowest BCUT2D eigenvalue weighted by Gasteiger charge is -2.03. The molecule has 0 saturated heterocycles. The second-order valence-corrected chi connectivity index (χ2v) is 4.64. The molecule has 0 radical (unpaired) electrons. The SMILES string of the molecule is Cc1cc(-n2cccn2)cc2nc(N)sc12. The molecule has 1 aromatic carbocycles. The third-order valence-corrected chi connectivity index (χ3v) is 3.48. The highest BCUT2D eigenvalue weighted by atomic mass is 32.1. The zero-order valence-electron chi connectivity index (χ0n) is 8.71. The molecule has 2 N–H and O–H groups in total. The van der Waals surface area contributed by atoms with Crippen LogP contribution in [0, 0.1) is 6.92 Å². The Morgan fingerprint density at radius 1 is 1.38 bits per heavy atom. The fraction of sp³-hybridized carbons (Fsp3) is 0.0909. The zero-order chi connectivity index (χ0) is 11.1. The summed E-state index contributed by atoms with van der Waals surface area (Å²) in [5.74, 6) is 0. The van der Waals surface area contributed by atoms with Gasteiger partial charge in [0.05, 0.1) is 15.9 Å². The van der Waals surface area contributed by atoms with Crippen molar-refractivity contribution < 1.29 is 0 Å². The molecule has 0 aliphatic rings. The first-order chi connectivity index (χ1) is 7.74. The number of hydrogen-bond donors (Lipinski definition) is 1. The number of rotatable bonds is 1. The van der Waals surface area contributed by atoms with Crippen LogP contribution in [0.25, 0.3) is 15.9 Å². The zero-order valence-corrected chi connectivity index (χ0v) is 9.53. The summed E-state index contributed by atoms with van der Waals surface area (Å²) in [6, 6.07) is 5.99. The van der Waals surface area contributed by atoms with E-state index in [1.54, 1.807) is 6.20 Å². The predicted octanol–water partition coefficient (Wildman–Crippen LogP) is 2.37. The molecule has 16 heavy (non-hydrogen) atoms. The Bertz CT molecular complexity index is 639. The molecular formula is C11H10N4S. The summed E-state index contributed by atoms with van der Waals surface area (Å²) in [4.78, 5) is 4.30. The van der Waals surface area contributed by atoms with Crippen LogP contribution in [-0.4, -0.2) is 14.8 Å². The first kappa shape index (κ1) is 9.35. The summed E-state index contributed by atoms with van der Waals surface area (Å²) in [5, 5.41) is 4.81. The van der Waals surface area contributed by atoms with E-state index in [-0.39, 0.29) is 0 Å². The molecule has 2 aromatic heterocycles. The van der Waals surface area contributed by atoms with E-state index in [2.05, 4.69) is 23.1 Å². The van der Waals surface area contributed by atoms with E-state index in [1.807, 2.05) is 23.0 Å². The van der Waals surface area contributed by atoms with Gasteiger partial charge in [-0.25, -0.2) is 9.67 Å². The van der Waals surface area contributed by atoms with E-state index in [4.69, 9.17) is 5.73 Å². The largest absolute Gasteiger partial charge is 0.375 e. The highest BCUT2D eigenvalue weighted by Gasteiger charge is 2.07. The molecule has 0 atom stereocenters. The highest BCUT2D eigenvalue weighted by molar-refractivity contribution is 7.22. The van der Waals surface area contributed by atoms with Crippen LogP contribution in [-0.2, 0) is 0 Å². The molecule has 0 bridgehead atoms. The summed E-state index contributed by atoms with van der Waals surface area (Å²) in [7, 11) is 0. The normalized spacial score (nSPS) is 11.1. The van der Waals surface area contributed by atoms with Crippen molar-refractivity contribution in [3.63, 3.8) is 0 Å². The summed E-state index contributed by atoms with van der Waals surface area (Å²) in [6.45, 7) is 2.06. The van der Waals surface area contributed by atoms with Crippen LogP contribution < -0.4 is 5.73 Å². The van der Waals surface area contributed by atoms with Crippen LogP contribution in [0.5, 0.6) is 0 Å². The molecule has 5 heteroatoms. The van der Waals surface area contributed by atoms with Gasteiger partial charge in [-0.05, 0) is 30.7 Å². The number of nitrogens with two attached hydrogens (primary N) is 1. The Labute approximate surface area is 96.3 Å². The van der Waals surface area contributed by atoms with Crippen LogP contribution in [0.2, 0.25) is 0 Å². The summed E-state index contributed by atoms with van der Waals surface area (Å²) in [5.41, 5.74) is 8.84. The maximum Gasteiger partial charge on any atom is 0.181 e. The minimum Gasteiger partial charge on any atom is -0.375 e. The molecule has 4 nitrogen and oxygen atoms in total. The van der Waals surface area contributed by atoms with Crippen LogP contribution in [0.1, 0.15) is 5.56 Å². The fourth-order valence-corrected chi connectivity index (χ4v) is 2.53. The van der Waals surface area contributed by atoms with Crippen molar-refractivity contribution in [3.8, 4) is 5.69 Å². The highest BCUT2D eigenvalue weighted by Crippen LogP contribution is 2.29. The van der Waals surface area contributed by atoms with Crippen molar-refractivity contribution in [2.45, 2.75) is 6.92 Å². The van der Waals surface area contributed by atoms with Gasteiger partial charge in [0.2, 0.25) is 0 Å². The predicted molar refractivity (Wildman–Crippen MR) is 65.9 cm³/mol. The molecule has 0 amide bonds. The van der Waals surface area contributed by atoms with Gasteiger partial charge < -0.3 is 5.73 Å². The minimum atomic E-state index is 0.607. The van der Waals surface area contributed by atoms with Gasteiger partial charge in [-0.3, -0.25) is 0 Å². The molecule has 2 heterocycles. The van der Waals surface area contributed by atoms with Crippen molar-refractivity contribution in [1.29, 1.82) is 0 Å². The van der Waals surface area contributed by atoms with Crippen LogP contribution in [0.15, 0.2) is 30.6 Å². The molecule has 0 spiro atoms. The number of nitrogen functional groups attached to an aromatic ring is 1. The van der Waals surface area contributed by atoms with Gasteiger partial charge in [-0.2, -0.15) is 5.10 Å². The van der Waals surface area contributed by atoms with Gasteiger partial charge in [0.25, 0.3) is 0 Å². The lowest BCUT2D eigenvalue weighted by atomic mass is 10.2. The first-order valence-corrected chi connectivity index (χ1v) is 5.72. The lowest BCUT2D eigenvalue weighted by molar-refractivity contribution is 0.881. The summed E-state index contributed by atoms with van der Waals surface area (Å²) in [6.07, 6.45) is 3.67. The molecule has 0 saturated carbocycles. The van der Waals surface area contributed by atoms with E-state index >= 15 is 0 Å². The molecule has 0 aliphatic carbocycles. The third kappa shape index (κ3) is 1.37. The van der Waals surface area contributed by atoms with Gasteiger partial charge in [-0.1, -0.05) is 11.3 Å². The summed E-state index contributed by atoms with van der Waals surface area (Å²) >= 11 is 1.52. The standard InChI is InChI=1S/C11H10N4S/c1-7-5-8(15-4-2-3-13-15)6-9-10(7)16-11(12)14-9/h2-6H,1H3,(H2,12,14). The van der Waals surface area contributed by atoms with E-state index in [9.17, 15) is 0 Å². The Hall–Kier alpha value is -1.88. The van der Waals surface area contributed by atoms with Gasteiger partial charge in [0, 0.05) is 12.4 Å². The Morgan fingerprint density at radius 2 is 2.25 bits per heavy atom. The van der Waals surface area contributed by atoms with Crippen molar-refractivity contribution in [3.05, 3.63) is 36.2 Å². The molecule has 3 rings (SSSR count). The van der Waals surface area contributed by atoms with E-state index in [1.165, 1.54) is 16.9 Å². The van der Waals surface area contributed by atoms with Gasteiger partial charge in [0.15, 0.2) is 5.13 Å². The molecule has 0 fully saturated rings. The topological polar surface area (TPSA) is 56.7 Å². The second-order valence-electron chi connectivity index (χ2n) is 3.61.